The van der Waals surface area contributed by atoms with Crippen LogP contribution in [0.3, 0.4) is 0 Å². The van der Waals surface area contributed by atoms with Gasteiger partial charge in [0.05, 0.1) is 0 Å². The SMILES string of the molecule is CCC(CC1CC1)NCC(O)COc1ccc(Cl)cc1. The van der Waals surface area contributed by atoms with Crippen molar-refractivity contribution >= 4 is 11.6 Å². The maximum atomic E-state index is 9.95. The second-order valence-corrected chi connectivity index (χ2v) is 6.05. The van der Waals surface area contributed by atoms with Crippen LogP contribution in [0.4, 0.5) is 0 Å². The highest BCUT2D eigenvalue weighted by atomic mass is 35.5. The summed E-state index contributed by atoms with van der Waals surface area (Å²) in [6, 6.07) is 7.70. The Balaban J connectivity index is 1.63. The van der Waals surface area contributed by atoms with Crippen LogP contribution < -0.4 is 10.1 Å². The molecule has 1 saturated carbocycles. The summed E-state index contributed by atoms with van der Waals surface area (Å²) in [5.41, 5.74) is 0. The topological polar surface area (TPSA) is 41.5 Å². The van der Waals surface area contributed by atoms with E-state index in [4.69, 9.17) is 16.3 Å². The summed E-state index contributed by atoms with van der Waals surface area (Å²) in [4.78, 5) is 0. The molecule has 1 aliphatic rings. The number of nitrogens with one attached hydrogen (secondary N) is 1. The number of ether oxygens (including phenoxy) is 1. The van der Waals surface area contributed by atoms with Gasteiger partial charge >= 0.3 is 0 Å². The number of benzene rings is 1. The molecule has 0 aliphatic heterocycles. The Morgan fingerprint density at radius 2 is 2.05 bits per heavy atom. The lowest BCUT2D eigenvalue weighted by molar-refractivity contribution is 0.103. The molecule has 1 fully saturated rings. The second kappa shape index (κ2) is 7.87. The van der Waals surface area contributed by atoms with Crippen molar-refractivity contribution in [2.24, 2.45) is 5.92 Å². The van der Waals surface area contributed by atoms with Gasteiger partial charge in [-0.2, -0.15) is 0 Å². The van der Waals surface area contributed by atoms with Crippen molar-refractivity contribution in [2.45, 2.75) is 44.8 Å². The standard InChI is InChI=1S/C16H24ClNO2/c1-2-14(9-12-3-4-12)18-10-15(19)11-20-16-7-5-13(17)6-8-16/h5-8,12,14-15,18-19H,2-4,9-11H2,1H3. The van der Waals surface area contributed by atoms with Gasteiger partial charge < -0.3 is 15.2 Å². The molecule has 0 radical (unpaired) electrons. The van der Waals surface area contributed by atoms with Crippen molar-refractivity contribution in [1.82, 2.24) is 5.32 Å². The molecule has 2 N–H and O–H groups in total. The summed E-state index contributed by atoms with van der Waals surface area (Å²) in [6.07, 6.45) is 4.61. The molecular weight excluding hydrogens is 274 g/mol. The Labute approximate surface area is 126 Å². The number of hydrogen-bond donors (Lipinski definition) is 2. The molecule has 0 aromatic heterocycles. The first-order valence-electron chi connectivity index (χ1n) is 7.47. The molecule has 0 heterocycles. The first kappa shape index (κ1) is 15.6. The van der Waals surface area contributed by atoms with Crippen molar-refractivity contribution in [2.75, 3.05) is 13.2 Å². The van der Waals surface area contributed by atoms with Crippen LogP contribution in [-0.2, 0) is 0 Å². The van der Waals surface area contributed by atoms with Gasteiger partial charge in [0.15, 0.2) is 0 Å². The van der Waals surface area contributed by atoms with Crippen LogP contribution in [0.5, 0.6) is 5.75 Å². The van der Waals surface area contributed by atoms with E-state index in [0.29, 0.717) is 24.2 Å². The minimum atomic E-state index is -0.487. The second-order valence-electron chi connectivity index (χ2n) is 5.61. The highest BCUT2D eigenvalue weighted by Gasteiger charge is 2.24. The fraction of sp³-hybridized carbons (Fsp3) is 0.625. The van der Waals surface area contributed by atoms with E-state index in [2.05, 4.69) is 12.2 Å². The summed E-state index contributed by atoms with van der Waals surface area (Å²) in [7, 11) is 0. The van der Waals surface area contributed by atoms with Crippen LogP contribution in [0, 0.1) is 5.92 Å². The number of hydrogen-bond acceptors (Lipinski definition) is 3. The molecule has 4 heteroatoms. The Bertz CT molecular complexity index is 392. The van der Waals surface area contributed by atoms with Crippen LogP contribution in [0.15, 0.2) is 24.3 Å². The van der Waals surface area contributed by atoms with Crippen molar-refractivity contribution < 1.29 is 9.84 Å². The summed E-state index contributed by atoms with van der Waals surface area (Å²) in [5.74, 6) is 1.65. The average molecular weight is 298 g/mol. The van der Waals surface area contributed by atoms with Gasteiger partial charge in [-0.1, -0.05) is 31.4 Å². The Morgan fingerprint density at radius 3 is 2.65 bits per heavy atom. The fourth-order valence-electron chi connectivity index (χ4n) is 2.24. The first-order valence-corrected chi connectivity index (χ1v) is 7.85. The monoisotopic (exact) mass is 297 g/mol. The molecule has 2 atom stereocenters. The maximum absolute atomic E-state index is 9.95. The lowest BCUT2D eigenvalue weighted by Gasteiger charge is -2.19. The van der Waals surface area contributed by atoms with Crippen LogP contribution >= 0.6 is 11.6 Å². The van der Waals surface area contributed by atoms with Gasteiger partial charge in [0.1, 0.15) is 18.5 Å². The lowest BCUT2D eigenvalue weighted by Crippen LogP contribution is -2.38. The maximum Gasteiger partial charge on any atom is 0.119 e. The van der Waals surface area contributed by atoms with E-state index in [9.17, 15) is 5.11 Å². The zero-order chi connectivity index (χ0) is 14.4. The van der Waals surface area contributed by atoms with E-state index in [0.717, 1.165) is 18.1 Å². The Hall–Kier alpha value is -0.770. The summed E-state index contributed by atoms with van der Waals surface area (Å²) >= 11 is 5.81. The van der Waals surface area contributed by atoms with Crippen LogP contribution in [-0.4, -0.2) is 30.4 Å². The zero-order valence-electron chi connectivity index (χ0n) is 12.0. The molecule has 20 heavy (non-hydrogen) atoms. The molecule has 2 unspecified atom stereocenters. The Morgan fingerprint density at radius 1 is 1.35 bits per heavy atom. The highest BCUT2D eigenvalue weighted by Crippen LogP contribution is 2.33. The molecule has 0 bridgehead atoms. The minimum Gasteiger partial charge on any atom is -0.491 e. The number of rotatable bonds is 9. The Kier molecular flexibility index (Phi) is 6.14. The molecule has 0 spiro atoms. The van der Waals surface area contributed by atoms with Crippen molar-refractivity contribution in [3.05, 3.63) is 29.3 Å². The van der Waals surface area contributed by atoms with Crippen LogP contribution in [0.25, 0.3) is 0 Å². The smallest absolute Gasteiger partial charge is 0.119 e. The first-order chi connectivity index (χ1) is 9.67. The van der Waals surface area contributed by atoms with Crippen molar-refractivity contribution in [3.8, 4) is 5.75 Å². The number of halogens is 1. The predicted molar refractivity (Wildman–Crippen MR) is 82.4 cm³/mol. The molecule has 1 aliphatic carbocycles. The molecule has 0 amide bonds. The minimum absolute atomic E-state index is 0.300. The van der Waals surface area contributed by atoms with Gasteiger partial charge in [0.2, 0.25) is 0 Å². The molecule has 0 saturated heterocycles. The van der Waals surface area contributed by atoms with Gasteiger partial charge in [-0.25, -0.2) is 0 Å². The van der Waals surface area contributed by atoms with Crippen molar-refractivity contribution in [1.29, 1.82) is 0 Å². The van der Waals surface area contributed by atoms with Gasteiger partial charge in [-0.3, -0.25) is 0 Å². The molecule has 1 aromatic carbocycles. The molecule has 112 valence electrons. The van der Waals surface area contributed by atoms with E-state index in [1.807, 2.05) is 12.1 Å². The van der Waals surface area contributed by atoms with Gasteiger partial charge in [0.25, 0.3) is 0 Å². The average Bonchev–Trinajstić information content (AvgIpc) is 3.26. The normalized spacial score (nSPS) is 17.8. The summed E-state index contributed by atoms with van der Waals surface area (Å²) in [6.45, 7) is 3.07. The zero-order valence-corrected chi connectivity index (χ0v) is 12.8. The van der Waals surface area contributed by atoms with E-state index in [1.54, 1.807) is 12.1 Å². The van der Waals surface area contributed by atoms with E-state index >= 15 is 0 Å². The highest BCUT2D eigenvalue weighted by molar-refractivity contribution is 6.30. The van der Waals surface area contributed by atoms with Crippen LogP contribution in [0.2, 0.25) is 5.02 Å². The third-order valence-electron chi connectivity index (χ3n) is 3.71. The summed E-state index contributed by atoms with van der Waals surface area (Å²) < 4.78 is 5.53. The fourth-order valence-corrected chi connectivity index (χ4v) is 2.36. The molecule has 2 rings (SSSR count). The lowest BCUT2D eigenvalue weighted by atomic mass is 10.1. The molecular formula is C16H24ClNO2. The van der Waals surface area contributed by atoms with E-state index < -0.39 is 6.10 Å². The summed E-state index contributed by atoms with van der Waals surface area (Å²) in [5, 5.41) is 14.1. The predicted octanol–water partition coefficient (Wildman–Crippen LogP) is 3.25. The largest absolute Gasteiger partial charge is 0.491 e. The molecule has 3 nitrogen and oxygen atoms in total. The van der Waals surface area contributed by atoms with Gasteiger partial charge in [0, 0.05) is 17.6 Å². The quantitative estimate of drug-likeness (QED) is 0.735. The van der Waals surface area contributed by atoms with E-state index in [-0.39, 0.29) is 0 Å². The van der Waals surface area contributed by atoms with Gasteiger partial charge in [-0.15, -0.1) is 0 Å². The molecule has 1 aromatic rings. The number of aliphatic hydroxyl groups excluding tert-OH is 1. The van der Waals surface area contributed by atoms with Crippen LogP contribution in [0.1, 0.15) is 32.6 Å². The third kappa shape index (κ3) is 5.70. The third-order valence-corrected chi connectivity index (χ3v) is 3.96. The van der Waals surface area contributed by atoms with E-state index in [1.165, 1.54) is 19.3 Å². The van der Waals surface area contributed by atoms with Crippen molar-refractivity contribution in [3.63, 3.8) is 0 Å². The number of aliphatic hydroxyl groups is 1. The van der Waals surface area contributed by atoms with Gasteiger partial charge in [-0.05, 0) is 43.0 Å².